The summed E-state index contributed by atoms with van der Waals surface area (Å²) in [4.78, 5) is 24.6. The zero-order chi connectivity index (χ0) is 23.1. The molecule has 0 aliphatic heterocycles. The van der Waals surface area contributed by atoms with Crippen LogP contribution in [0, 0.1) is 0 Å². The first-order valence-electron chi connectivity index (χ1n) is 9.53. The minimum Gasteiger partial charge on any atom is -0.497 e. The van der Waals surface area contributed by atoms with Gasteiger partial charge in [-0.1, -0.05) is 40.6 Å². The van der Waals surface area contributed by atoms with Crippen molar-refractivity contribution < 1.29 is 19.1 Å². The number of benzene rings is 2. The molecule has 32 heavy (non-hydrogen) atoms. The van der Waals surface area contributed by atoms with E-state index in [1.165, 1.54) is 17.4 Å². The number of ether oxygens (including phenoxy) is 2. The number of carbonyl (C=O) groups excluding carboxylic acids is 2. The number of nitrogens with one attached hydrogen (secondary N) is 2. The van der Waals surface area contributed by atoms with E-state index < -0.39 is 12.0 Å². The molecule has 0 aliphatic carbocycles. The second-order valence-electron chi connectivity index (χ2n) is 6.56. The number of methoxy groups -OCH3 is 1. The number of halogens is 2. The molecule has 168 valence electrons. The number of aromatic nitrogens is 2. The average molecular weight is 495 g/mol. The van der Waals surface area contributed by atoms with Crippen molar-refractivity contribution in [1.29, 1.82) is 0 Å². The van der Waals surface area contributed by atoms with Gasteiger partial charge in [0.05, 0.1) is 12.1 Å². The number of rotatable bonds is 9. The lowest BCUT2D eigenvalue weighted by atomic mass is 10.2. The van der Waals surface area contributed by atoms with Gasteiger partial charge in [0.2, 0.25) is 5.13 Å². The Labute approximate surface area is 198 Å². The molecule has 0 saturated heterocycles. The van der Waals surface area contributed by atoms with Crippen LogP contribution in [-0.4, -0.2) is 41.8 Å². The Bertz CT molecular complexity index is 1110. The molecule has 0 aliphatic rings. The van der Waals surface area contributed by atoms with Crippen LogP contribution in [0.15, 0.2) is 42.5 Å². The molecule has 1 atom stereocenters. The van der Waals surface area contributed by atoms with Gasteiger partial charge in [0, 0.05) is 23.6 Å². The van der Waals surface area contributed by atoms with Crippen molar-refractivity contribution in [1.82, 2.24) is 15.5 Å². The van der Waals surface area contributed by atoms with E-state index in [-0.39, 0.29) is 5.91 Å². The van der Waals surface area contributed by atoms with Gasteiger partial charge in [-0.15, -0.1) is 10.2 Å². The van der Waals surface area contributed by atoms with Crippen molar-refractivity contribution in [2.45, 2.75) is 19.4 Å². The highest BCUT2D eigenvalue weighted by atomic mass is 35.5. The second-order valence-corrected chi connectivity index (χ2v) is 8.47. The van der Waals surface area contributed by atoms with Gasteiger partial charge in [-0.25, -0.2) is 0 Å². The Balaban J connectivity index is 1.47. The molecule has 0 radical (unpaired) electrons. The third kappa shape index (κ3) is 6.56. The largest absolute Gasteiger partial charge is 0.497 e. The van der Waals surface area contributed by atoms with Gasteiger partial charge in [-0.05, 0) is 43.3 Å². The van der Waals surface area contributed by atoms with Crippen LogP contribution in [0.5, 0.6) is 11.5 Å². The summed E-state index contributed by atoms with van der Waals surface area (Å²) < 4.78 is 10.7. The van der Waals surface area contributed by atoms with E-state index in [0.717, 1.165) is 0 Å². The molecular formula is C21H20Cl2N4O4S. The summed E-state index contributed by atoms with van der Waals surface area (Å²) in [5, 5.41) is 15.3. The van der Waals surface area contributed by atoms with Crippen LogP contribution >= 0.6 is 34.5 Å². The van der Waals surface area contributed by atoms with Crippen LogP contribution in [0.1, 0.15) is 22.3 Å². The molecular weight excluding hydrogens is 475 g/mol. The lowest BCUT2D eigenvalue weighted by Crippen LogP contribution is -2.30. The van der Waals surface area contributed by atoms with Crippen LogP contribution in [0.25, 0.3) is 0 Å². The minimum absolute atomic E-state index is 0.214. The Morgan fingerprint density at radius 2 is 1.97 bits per heavy atom. The van der Waals surface area contributed by atoms with E-state index in [1.807, 2.05) is 0 Å². The van der Waals surface area contributed by atoms with Gasteiger partial charge in [-0.3, -0.25) is 14.9 Å². The van der Waals surface area contributed by atoms with Gasteiger partial charge >= 0.3 is 0 Å². The number of anilines is 1. The molecule has 0 bridgehead atoms. The van der Waals surface area contributed by atoms with Gasteiger partial charge in [0.1, 0.15) is 16.5 Å². The highest BCUT2D eigenvalue weighted by molar-refractivity contribution is 7.15. The molecule has 0 saturated carbocycles. The van der Waals surface area contributed by atoms with Crippen molar-refractivity contribution >= 4 is 51.5 Å². The topological polar surface area (TPSA) is 102 Å². The Morgan fingerprint density at radius 3 is 2.72 bits per heavy atom. The predicted octanol–water partition coefficient (Wildman–Crippen LogP) is 4.23. The highest BCUT2D eigenvalue weighted by Gasteiger charge is 2.18. The summed E-state index contributed by atoms with van der Waals surface area (Å²) in [6.45, 7) is 1.96. The fourth-order valence-corrected chi connectivity index (χ4v) is 3.77. The first-order chi connectivity index (χ1) is 15.4. The number of nitrogens with zero attached hydrogens (tertiary/aromatic N) is 2. The Kier molecular flexibility index (Phi) is 8.26. The van der Waals surface area contributed by atoms with E-state index in [9.17, 15) is 9.59 Å². The van der Waals surface area contributed by atoms with E-state index in [0.29, 0.717) is 50.2 Å². The summed E-state index contributed by atoms with van der Waals surface area (Å²) in [6.07, 6.45) is -0.349. The van der Waals surface area contributed by atoms with Gasteiger partial charge in [-0.2, -0.15) is 0 Å². The molecule has 0 spiro atoms. The molecule has 2 N–H and O–H groups in total. The van der Waals surface area contributed by atoms with Crippen LogP contribution in [0.4, 0.5) is 5.13 Å². The van der Waals surface area contributed by atoms with Gasteiger partial charge in [0.15, 0.2) is 6.10 Å². The molecule has 3 rings (SSSR count). The number of hydrogen-bond acceptors (Lipinski definition) is 7. The normalized spacial score (nSPS) is 11.5. The molecule has 3 aromatic rings. The van der Waals surface area contributed by atoms with Crippen LogP contribution in [0.2, 0.25) is 10.0 Å². The maximum atomic E-state index is 12.4. The third-order valence-corrected chi connectivity index (χ3v) is 5.65. The van der Waals surface area contributed by atoms with Crippen molar-refractivity contribution in [3.63, 3.8) is 0 Å². The minimum atomic E-state index is -0.817. The standard InChI is InChI=1S/C21H20Cl2N4O4S/c1-12(31-17-7-6-14(22)11-16(17)23)19(28)25-21-27-26-18(32-21)8-9-24-20(29)13-4-3-5-15(10-13)30-2/h3-7,10-12H,8-9H2,1-2H3,(H,24,29)(H,25,27,28). The lowest BCUT2D eigenvalue weighted by Gasteiger charge is -2.14. The van der Waals surface area contributed by atoms with Gasteiger partial charge < -0.3 is 14.8 Å². The molecule has 2 aromatic carbocycles. The molecule has 8 nitrogen and oxygen atoms in total. The summed E-state index contributed by atoms with van der Waals surface area (Å²) in [5.74, 6) is 0.348. The predicted molar refractivity (Wildman–Crippen MR) is 124 cm³/mol. The van der Waals surface area contributed by atoms with Gasteiger partial charge in [0.25, 0.3) is 11.8 Å². The molecule has 1 unspecified atom stereocenters. The van der Waals surface area contributed by atoms with E-state index >= 15 is 0 Å². The van der Waals surface area contributed by atoms with Crippen molar-refractivity contribution in [3.8, 4) is 11.5 Å². The quantitative estimate of drug-likeness (QED) is 0.461. The summed E-state index contributed by atoms with van der Waals surface area (Å²) in [6, 6.07) is 11.6. The number of carbonyl (C=O) groups is 2. The summed E-state index contributed by atoms with van der Waals surface area (Å²) in [7, 11) is 1.54. The first kappa shape index (κ1) is 23.8. The molecule has 1 heterocycles. The summed E-state index contributed by atoms with van der Waals surface area (Å²) >= 11 is 13.1. The lowest BCUT2D eigenvalue weighted by molar-refractivity contribution is -0.122. The SMILES string of the molecule is COc1cccc(C(=O)NCCc2nnc(NC(=O)C(C)Oc3ccc(Cl)cc3Cl)s2)c1. The number of amides is 2. The fourth-order valence-electron chi connectivity index (χ4n) is 2.58. The second kappa shape index (κ2) is 11.1. The molecule has 0 fully saturated rings. The highest BCUT2D eigenvalue weighted by Crippen LogP contribution is 2.28. The fraction of sp³-hybridized carbons (Fsp3) is 0.238. The van der Waals surface area contributed by atoms with Crippen molar-refractivity contribution in [2.75, 3.05) is 19.0 Å². The van der Waals surface area contributed by atoms with E-state index in [2.05, 4.69) is 20.8 Å². The maximum absolute atomic E-state index is 12.4. The third-order valence-electron chi connectivity index (χ3n) is 4.22. The van der Waals surface area contributed by atoms with E-state index in [1.54, 1.807) is 50.4 Å². The zero-order valence-electron chi connectivity index (χ0n) is 17.2. The van der Waals surface area contributed by atoms with Crippen LogP contribution < -0.4 is 20.1 Å². The Hall–Kier alpha value is -2.88. The maximum Gasteiger partial charge on any atom is 0.266 e. The Morgan fingerprint density at radius 1 is 1.16 bits per heavy atom. The van der Waals surface area contributed by atoms with Crippen molar-refractivity contribution in [3.05, 3.63) is 63.1 Å². The molecule has 1 aromatic heterocycles. The van der Waals surface area contributed by atoms with Crippen LogP contribution in [-0.2, 0) is 11.2 Å². The molecule has 2 amide bonds. The smallest absolute Gasteiger partial charge is 0.266 e. The van der Waals surface area contributed by atoms with Crippen LogP contribution in [0.3, 0.4) is 0 Å². The van der Waals surface area contributed by atoms with E-state index in [4.69, 9.17) is 32.7 Å². The first-order valence-corrected chi connectivity index (χ1v) is 11.1. The molecule has 11 heteroatoms. The summed E-state index contributed by atoms with van der Waals surface area (Å²) in [5.41, 5.74) is 0.504. The number of hydrogen-bond donors (Lipinski definition) is 2. The average Bonchev–Trinajstić information content (AvgIpc) is 3.22. The monoisotopic (exact) mass is 494 g/mol. The van der Waals surface area contributed by atoms with Crippen molar-refractivity contribution in [2.24, 2.45) is 0 Å². The zero-order valence-corrected chi connectivity index (χ0v) is 19.6.